The van der Waals surface area contributed by atoms with Crippen molar-refractivity contribution in [3.05, 3.63) is 65.2 Å². The maximum Gasteiger partial charge on any atom is 0.119 e. The molecular formula is C27H41NO2. The number of phenols is 1. The highest BCUT2D eigenvalue weighted by Gasteiger charge is 2.21. The van der Waals surface area contributed by atoms with Crippen molar-refractivity contribution in [1.29, 1.82) is 0 Å². The van der Waals surface area contributed by atoms with Gasteiger partial charge in [-0.3, -0.25) is 4.90 Å². The van der Waals surface area contributed by atoms with E-state index in [1.165, 1.54) is 11.1 Å². The lowest BCUT2D eigenvalue weighted by Crippen LogP contribution is -2.38. The molecule has 0 aliphatic rings. The van der Waals surface area contributed by atoms with Crippen LogP contribution in [0.1, 0.15) is 82.4 Å². The summed E-state index contributed by atoms with van der Waals surface area (Å²) in [4.78, 5) is 2.53. The molecule has 1 atom stereocenters. The summed E-state index contributed by atoms with van der Waals surface area (Å²) in [5.74, 6) is 0.578. The average Bonchev–Trinajstić information content (AvgIpc) is 2.72. The van der Waals surface area contributed by atoms with E-state index in [2.05, 4.69) is 75.1 Å². The van der Waals surface area contributed by atoms with Crippen LogP contribution in [0.5, 0.6) is 5.75 Å². The minimum absolute atomic E-state index is 0.181. The summed E-state index contributed by atoms with van der Waals surface area (Å²) in [6, 6.07) is 17.7. The van der Waals surface area contributed by atoms with Crippen molar-refractivity contribution >= 4 is 0 Å². The fourth-order valence-corrected chi connectivity index (χ4v) is 4.41. The number of benzene rings is 2. The molecular weight excluding hydrogens is 370 g/mol. The van der Waals surface area contributed by atoms with Crippen LogP contribution in [-0.2, 0) is 6.42 Å². The van der Waals surface area contributed by atoms with Crippen molar-refractivity contribution in [1.82, 2.24) is 4.90 Å². The van der Waals surface area contributed by atoms with Crippen molar-refractivity contribution in [3.63, 3.8) is 0 Å². The Bertz CT molecular complexity index is 719. The molecule has 0 saturated heterocycles. The predicted molar refractivity (Wildman–Crippen MR) is 127 cm³/mol. The highest BCUT2D eigenvalue weighted by atomic mass is 16.3. The molecule has 0 bridgehead atoms. The molecule has 3 nitrogen and oxygen atoms in total. The van der Waals surface area contributed by atoms with Crippen molar-refractivity contribution in [2.24, 2.45) is 0 Å². The number of nitrogens with zero attached hydrogens (tertiary/aromatic N) is 1. The van der Waals surface area contributed by atoms with Gasteiger partial charge in [-0.2, -0.15) is 0 Å². The second-order valence-corrected chi connectivity index (χ2v) is 8.96. The van der Waals surface area contributed by atoms with Crippen LogP contribution in [0.15, 0.2) is 48.5 Å². The number of unbranched alkanes of at least 4 members (excludes halogenated alkanes) is 3. The van der Waals surface area contributed by atoms with Gasteiger partial charge < -0.3 is 10.2 Å². The van der Waals surface area contributed by atoms with E-state index in [1.54, 1.807) is 0 Å². The van der Waals surface area contributed by atoms with E-state index in [1.807, 2.05) is 6.07 Å². The Morgan fingerprint density at radius 3 is 2.13 bits per heavy atom. The first-order valence-corrected chi connectivity index (χ1v) is 11.7. The fraction of sp³-hybridized carbons (Fsp3) is 0.556. The topological polar surface area (TPSA) is 43.7 Å². The number of aliphatic hydroxyl groups is 1. The Morgan fingerprint density at radius 2 is 1.50 bits per heavy atom. The molecule has 0 aliphatic heterocycles. The van der Waals surface area contributed by atoms with Crippen molar-refractivity contribution < 1.29 is 10.2 Å². The van der Waals surface area contributed by atoms with Crippen LogP contribution in [0, 0.1) is 0 Å². The first-order chi connectivity index (χ1) is 14.4. The van der Waals surface area contributed by atoms with Crippen LogP contribution in [-0.4, -0.2) is 40.3 Å². The Labute approximate surface area is 183 Å². The zero-order valence-corrected chi connectivity index (χ0v) is 19.3. The number of hydrogen-bond donors (Lipinski definition) is 2. The van der Waals surface area contributed by atoms with E-state index >= 15 is 0 Å². The molecule has 0 heterocycles. The molecule has 0 fully saturated rings. The highest BCUT2D eigenvalue weighted by molar-refractivity contribution is 5.43. The van der Waals surface area contributed by atoms with Gasteiger partial charge in [0.05, 0.1) is 0 Å². The van der Waals surface area contributed by atoms with Crippen LogP contribution in [0.25, 0.3) is 0 Å². The SMILES string of the molecule is CC(C)N(CC[C@H](c1ccccc1)c1cc(CCCCCCO)ccc1O)C(C)C. The highest BCUT2D eigenvalue weighted by Crippen LogP contribution is 2.35. The van der Waals surface area contributed by atoms with Crippen molar-refractivity contribution in [2.45, 2.75) is 84.2 Å². The third kappa shape index (κ3) is 7.45. The lowest BCUT2D eigenvalue weighted by Gasteiger charge is -2.32. The Hall–Kier alpha value is -1.84. The molecule has 166 valence electrons. The normalized spacial score (nSPS) is 12.8. The maximum atomic E-state index is 10.8. The van der Waals surface area contributed by atoms with Gasteiger partial charge in [0.2, 0.25) is 0 Å². The first kappa shape index (κ1) is 24.4. The summed E-state index contributed by atoms with van der Waals surface area (Å²) in [5.41, 5.74) is 3.60. The molecule has 2 rings (SSSR count). The van der Waals surface area contributed by atoms with E-state index < -0.39 is 0 Å². The third-order valence-corrected chi connectivity index (χ3v) is 6.05. The Kier molecular flexibility index (Phi) is 10.4. The fourth-order valence-electron chi connectivity index (χ4n) is 4.41. The number of aliphatic hydroxyl groups excluding tert-OH is 1. The van der Waals surface area contributed by atoms with Gasteiger partial charge in [0.25, 0.3) is 0 Å². The molecule has 0 amide bonds. The van der Waals surface area contributed by atoms with Gasteiger partial charge in [-0.1, -0.05) is 55.3 Å². The number of hydrogen-bond acceptors (Lipinski definition) is 3. The molecule has 2 aromatic carbocycles. The molecule has 0 aliphatic carbocycles. The number of aromatic hydroxyl groups is 1. The van der Waals surface area contributed by atoms with Gasteiger partial charge in [0, 0.05) is 30.2 Å². The summed E-state index contributed by atoms with van der Waals surface area (Å²) in [6.07, 6.45) is 6.22. The molecule has 0 spiro atoms. The van der Waals surface area contributed by atoms with Crippen molar-refractivity contribution in [2.75, 3.05) is 13.2 Å². The summed E-state index contributed by atoms with van der Waals surface area (Å²) in [5, 5.41) is 19.7. The second kappa shape index (κ2) is 12.8. The Morgan fingerprint density at radius 1 is 0.833 bits per heavy atom. The summed E-state index contributed by atoms with van der Waals surface area (Å²) in [6.45, 7) is 10.3. The van der Waals surface area contributed by atoms with Crippen LogP contribution in [0.4, 0.5) is 0 Å². The van der Waals surface area contributed by atoms with E-state index in [0.717, 1.165) is 50.6 Å². The monoisotopic (exact) mass is 411 g/mol. The average molecular weight is 412 g/mol. The zero-order valence-electron chi connectivity index (χ0n) is 19.3. The second-order valence-electron chi connectivity index (χ2n) is 8.96. The van der Waals surface area contributed by atoms with Crippen molar-refractivity contribution in [3.8, 4) is 5.75 Å². The molecule has 3 heteroatoms. The van der Waals surface area contributed by atoms with Crippen LogP contribution < -0.4 is 0 Å². The molecule has 2 N–H and O–H groups in total. The van der Waals surface area contributed by atoms with Gasteiger partial charge in [0.1, 0.15) is 5.75 Å². The largest absolute Gasteiger partial charge is 0.508 e. The van der Waals surface area contributed by atoms with Crippen LogP contribution >= 0.6 is 0 Å². The van der Waals surface area contributed by atoms with Gasteiger partial charge in [-0.05, 0) is 77.1 Å². The predicted octanol–water partition coefficient (Wildman–Crippen LogP) is 6.13. The first-order valence-electron chi connectivity index (χ1n) is 11.7. The van der Waals surface area contributed by atoms with Crippen LogP contribution in [0.2, 0.25) is 0 Å². The van der Waals surface area contributed by atoms with Gasteiger partial charge in [0.15, 0.2) is 0 Å². The molecule has 0 saturated carbocycles. The molecule has 0 aromatic heterocycles. The van der Waals surface area contributed by atoms with Crippen LogP contribution in [0.3, 0.4) is 0 Å². The summed E-state index contributed by atoms with van der Waals surface area (Å²) in [7, 11) is 0. The van der Waals surface area contributed by atoms with Gasteiger partial charge in [-0.15, -0.1) is 0 Å². The summed E-state index contributed by atoms with van der Waals surface area (Å²) < 4.78 is 0. The smallest absolute Gasteiger partial charge is 0.119 e. The number of phenolic OH excluding ortho intramolecular Hbond substituents is 1. The Balaban J connectivity index is 2.22. The van der Waals surface area contributed by atoms with E-state index in [4.69, 9.17) is 5.11 Å². The lowest BCUT2D eigenvalue weighted by atomic mass is 9.86. The standard InChI is InChI=1S/C27H41NO2/c1-21(2)28(22(3)4)18-17-25(24-13-9-7-10-14-24)26-20-23(15-16-27(26)30)12-8-5-6-11-19-29/h7,9-10,13-16,20-22,25,29-30H,5-6,8,11-12,17-19H2,1-4H3/t25-/m1/s1. The molecule has 0 unspecified atom stereocenters. The van der Waals surface area contributed by atoms with E-state index in [9.17, 15) is 5.11 Å². The molecule has 30 heavy (non-hydrogen) atoms. The molecule has 2 aromatic rings. The minimum atomic E-state index is 0.181. The third-order valence-electron chi connectivity index (χ3n) is 6.05. The number of aryl methyl sites for hydroxylation is 1. The zero-order chi connectivity index (χ0) is 21.9. The van der Waals surface area contributed by atoms with Gasteiger partial charge in [-0.25, -0.2) is 0 Å². The van der Waals surface area contributed by atoms with E-state index in [0.29, 0.717) is 17.8 Å². The van der Waals surface area contributed by atoms with Gasteiger partial charge >= 0.3 is 0 Å². The summed E-state index contributed by atoms with van der Waals surface area (Å²) >= 11 is 0. The quantitative estimate of drug-likeness (QED) is 0.390. The molecule has 0 radical (unpaired) electrons. The van der Waals surface area contributed by atoms with E-state index in [-0.39, 0.29) is 12.5 Å². The lowest BCUT2D eigenvalue weighted by molar-refractivity contribution is 0.170. The number of rotatable bonds is 13. The maximum absolute atomic E-state index is 10.8. The minimum Gasteiger partial charge on any atom is -0.508 e.